The first kappa shape index (κ1) is 21.1. The van der Waals surface area contributed by atoms with Gasteiger partial charge in [0.25, 0.3) is 0 Å². The van der Waals surface area contributed by atoms with E-state index in [-0.39, 0.29) is 0 Å². The van der Waals surface area contributed by atoms with Crippen molar-refractivity contribution in [3.8, 4) is 5.75 Å². The minimum atomic E-state index is 0.774. The van der Waals surface area contributed by atoms with Crippen LogP contribution in [0, 0.1) is 23.7 Å². The molecule has 0 N–H and O–H groups in total. The molecule has 0 unspecified atom stereocenters. The normalized spacial score (nSPS) is 26.3. The number of benzene rings is 2. The fraction of sp³-hybridized carbons (Fsp3) is 0.517. The van der Waals surface area contributed by atoms with Crippen molar-refractivity contribution >= 4 is 17.2 Å². The summed E-state index contributed by atoms with van der Waals surface area (Å²) in [7, 11) is 0. The Labute approximate surface area is 192 Å². The van der Waals surface area contributed by atoms with Gasteiger partial charge in [0, 0.05) is 5.02 Å². The molecule has 0 atom stereocenters. The predicted octanol–water partition coefficient (Wildman–Crippen LogP) is 8.56. The van der Waals surface area contributed by atoms with E-state index in [1.807, 2.05) is 12.1 Å². The summed E-state index contributed by atoms with van der Waals surface area (Å²) in [5.74, 6) is 4.49. The van der Waals surface area contributed by atoms with Gasteiger partial charge in [-0.2, -0.15) is 0 Å². The minimum Gasteiger partial charge on any atom is -0.494 e. The zero-order chi connectivity index (χ0) is 21.2. The van der Waals surface area contributed by atoms with Crippen molar-refractivity contribution in [3.05, 3.63) is 70.3 Å². The van der Waals surface area contributed by atoms with Crippen LogP contribution in [0.4, 0.5) is 0 Å². The zero-order valence-electron chi connectivity index (χ0n) is 18.8. The average Bonchev–Trinajstić information content (AvgIpc) is 2.77. The van der Waals surface area contributed by atoms with Crippen LogP contribution in [0.5, 0.6) is 5.75 Å². The van der Waals surface area contributed by atoms with E-state index in [1.54, 1.807) is 5.57 Å². The summed E-state index contributed by atoms with van der Waals surface area (Å²) in [4.78, 5) is 0. The average molecular weight is 435 g/mol. The summed E-state index contributed by atoms with van der Waals surface area (Å²) in [6.07, 6.45) is 12.0. The van der Waals surface area contributed by atoms with Crippen LogP contribution in [0.15, 0.2) is 54.1 Å². The highest BCUT2D eigenvalue weighted by Crippen LogP contribution is 2.58. The van der Waals surface area contributed by atoms with Gasteiger partial charge in [-0.15, -0.1) is 0 Å². The van der Waals surface area contributed by atoms with Gasteiger partial charge in [-0.05, 0) is 103 Å². The molecule has 164 valence electrons. The van der Waals surface area contributed by atoms with Gasteiger partial charge in [-0.1, -0.05) is 67.6 Å². The summed E-state index contributed by atoms with van der Waals surface area (Å²) in [5.41, 5.74) is 5.87. The van der Waals surface area contributed by atoms with E-state index in [4.69, 9.17) is 16.3 Å². The molecule has 0 aromatic heterocycles. The van der Waals surface area contributed by atoms with Crippen molar-refractivity contribution in [1.82, 2.24) is 0 Å². The molecule has 0 amide bonds. The number of halogens is 1. The number of allylic oxidation sites excluding steroid dienone is 1. The van der Waals surface area contributed by atoms with Gasteiger partial charge in [-0.3, -0.25) is 0 Å². The van der Waals surface area contributed by atoms with E-state index in [2.05, 4.69) is 43.3 Å². The van der Waals surface area contributed by atoms with Crippen LogP contribution in [0.25, 0.3) is 5.57 Å². The maximum Gasteiger partial charge on any atom is 0.119 e. The van der Waals surface area contributed by atoms with Gasteiger partial charge >= 0.3 is 0 Å². The van der Waals surface area contributed by atoms with Crippen molar-refractivity contribution < 1.29 is 4.74 Å². The topological polar surface area (TPSA) is 9.23 Å². The molecule has 0 aliphatic heterocycles. The predicted molar refractivity (Wildman–Crippen MR) is 131 cm³/mol. The van der Waals surface area contributed by atoms with Crippen LogP contribution in [0.1, 0.15) is 75.8 Å². The third-order valence-electron chi connectivity index (χ3n) is 7.85. The largest absolute Gasteiger partial charge is 0.494 e. The van der Waals surface area contributed by atoms with Crippen molar-refractivity contribution in [1.29, 1.82) is 0 Å². The Morgan fingerprint density at radius 3 is 1.94 bits per heavy atom. The molecular weight excluding hydrogens is 400 g/mol. The second kappa shape index (κ2) is 9.41. The first-order chi connectivity index (χ1) is 15.2. The van der Waals surface area contributed by atoms with Crippen LogP contribution in [0.2, 0.25) is 5.02 Å². The molecule has 0 heterocycles. The Morgan fingerprint density at radius 2 is 1.35 bits per heavy atom. The Kier molecular flexibility index (Phi) is 6.41. The van der Waals surface area contributed by atoms with E-state index in [1.165, 1.54) is 68.1 Å². The Morgan fingerprint density at radius 1 is 0.774 bits per heavy atom. The van der Waals surface area contributed by atoms with Crippen molar-refractivity contribution in [2.24, 2.45) is 23.7 Å². The van der Waals surface area contributed by atoms with E-state index in [0.29, 0.717) is 0 Å². The summed E-state index contributed by atoms with van der Waals surface area (Å²) < 4.78 is 6.02. The highest BCUT2D eigenvalue weighted by molar-refractivity contribution is 6.30. The van der Waals surface area contributed by atoms with Gasteiger partial charge in [0.1, 0.15) is 5.75 Å². The zero-order valence-corrected chi connectivity index (χ0v) is 19.5. The molecule has 4 fully saturated rings. The molecule has 6 rings (SSSR count). The van der Waals surface area contributed by atoms with Crippen LogP contribution in [-0.4, -0.2) is 6.61 Å². The van der Waals surface area contributed by atoms with Gasteiger partial charge in [0.05, 0.1) is 6.61 Å². The molecule has 0 saturated heterocycles. The number of unbranched alkanes of at least 4 members (excludes halogenated alkanes) is 3. The van der Waals surface area contributed by atoms with E-state index in [0.717, 1.165) is 47.5 Å². The molecule has 0 spiro atoms. The fourth-order valence-electron chi connectivity index (χ4n) is 6.65. The highest BCUT2D eigenvalue weighted by atomic mass is 35.5. The smallest absolute Gasteiger partial charge is 0.119 e. The second-order valence-corrected chi connectivity index (χ2v) is 10.5. The molecule has 4 bridgehead atoms. The van der Waals surface area contributed by atoms with Crippen molar-refractivity contribution in [3.63, 3.8) is 0 Å². The van der Waals surface area contributed by atoms with Gasteiger partial charge in [-0.25, -0.2) is 0 Å². The van der Waals surface area contributed by atoms with Gasteiger partial charge in [0.15, 0.2) is 0 Å². The SMILES string of the molecule is CCCCCCOc1ccc(C(=C2C3CC4CC(C3)CC2C4)c2ccc(Cl)cc2)cc1. The van der Waals surface area contributed by atoms with E-state index in [9.17, 15) is 0 Å². The third-order valence-corrected chi connectivity index (χ3v) is 8.10. The molecule has 2 aromatic carbocycles. The first-order valence-corrected chi connectivity index (χ1v) is 12.8. The molecule has 1 nitrogen and oxygen atoms in total. The standard InChI is InChI=1S/C29H35ClO/c1-2-3-4-5-14-31-27-12-8-23(9-13-27)28(22-6-10-26(30)11-7-22)29-24-16-20-15-21(18-24)19-25(29)17-20/h6-13,20-21,24-25H,2-5,14-19H2,1H3. The molecule has 4 saturated carbocycles. The van der Waals surface area contributed by atoms with Crippen molar-refractivity contribution in [2.75, 3.05) is 6.61 Å². The number of hydrogen-bond acceptors (Lipinski definition) is 1. The molecule has 2 heteroatoms. The lowest BCUT2D eigenvalue weighted by Crippen LogP contribution is -2.40. The highest BCUT2D eigenvalue weighted by Gasteiger charge is 2.46. The van der Waals surface area contributed by atoms with Crippen LogP contribution >= 0.6 is 11.6 Å². The summed E-state index contributed by atoms with van der Waals surface area (Å²) >= 11 is 6.24. The number of ether oxygens (including phenoxy) is 1. The summed E-state index contributed by atoms with van der Waals surface area (Å²) in [5, 5.41) is 0.810. The third kappa shape index (κ3) is 4.58. The lowest BCUT2D eigenvalue weighted by molar-refractivity contribution is 0.0705. The van der Waals surface area contributed by atoms with Crippen LogP contribution in [-0.2, 0) is 0 Å². The van der Waals surface area contributed by atoms with Gasteiger partial charge < -0.3 is 4.74 Å². The first-order valence-electron chi connectivity index (χ1n) is 12.4. The molecular formula is C29H35ClO. The monoisotopic (exact) mass is 434 g/mol. The molecule has 0 radical (unpaired) electrons. The molecule has 4 aliphatic carbocycles. The molecule has 2 aromatic rings. The molecule has 31 heavy (non-hydrogen) atoms. The Balaban J connectivity index is 1.44. The Hall–Kier alpha value is -1.73. The Bertz CT molecular complexity index is 879. The maximum atomic E-state index is 6.24. The fourth-order valence-corrected chi connectivity index (χ4v) is 6.78. The van der Waals surface area contributed by atoms with Crippen LogP contribution < -0.4 is 4.74 Å². The quantitative estimate of drug-likeness (QED) is 0.378. The lowest BCUT2D eigenvalue weighted by atomic mass is 9.53. The van der Waals surface area contributed by atoms with E-state index >= 15 is 0 Å². The second-order valence-electron chi connectivity index (χ2n) is 10.1. The maximum absolute atomic E-state index is 6.24. The minimum absolute atomic E-state index is 0.774. The summed E-state index contributed by atoms with van der Waals surface area (Å²) in [6, 6.07) is 17.4. The van der Waals surface area contributed by atoms with Crippen molar-refractivity contribution in [2.45, 2.75) is 64.7 Å². The number of hydrogen-bond donors (Lipinski definition) is 0. The summed E-state index contributed by atoms with van der Waals surface area (Å²) in [6.45, 7) is 3.06. The van der Waals surface area contributed by atoms with Gasteiger partial charge in [0.2, 0.25) is 0 Å². The van der Waals surface area contributed by atoms with Crippen LogP contribution in [0.3, 0.4) is 0 Å². The van der Waals surface area contributed by atoms with E-state index < -0.39 is 0 Å². The molecule has 4 aliphatic rings. The lowest BCUT2D eigenvalue weighted by Gasteiger charge is -2.52. The number of rotatable bonds is 8.